The minimum atomic E-state index is -0.262. The van der Waals surface area contributed by atoms with Crippen LogP contribution in [0.25, 0.3) is 0 Å². The minimum Gasteiger partial charge on any atom is -0.298 e. The van der Waals surface area contributed by atoms with Gasteiger partial charge in [-0.25, -0.2) is 0 Å². The molecule has 0 saturated carbocycles. The van der Waals surface area contributed by atoms with E-state index in [9.17, 15) is 4.79 Å². The highest BCUT2D eigenvalue weighted by Crippen LogP contribution is 2.34. The second-order valence-corrected chi connectivity index (χ2v) is 7.97. The highest BCUT2D eigenvalue weighted by molar-refractivity contribution is 7.12. The average molecular weight is 347 g/mol. The Balaban J connectivity index is 2.26. The maximum absolute atomic E-state index is 12.8. The third kappa shape index (κ3) is 3.45. The van der Waals surface area contributed by atoms with Crippen LogP contribution in [0, 0.1) is 13.8 Å². The van der Waals surface area contributed by atoms with Gasteiger partial charge in [0, 0.05) is 31.3 Å². The molecule has 20 heavy (non-hydrogen) atoms. The fraction of sp³-hybridized carbons (Fsp3) is 0.400. The Labute approximate surface area is 137 Å². The van der Waals surface area contributed by atoms with Gasteiger partial charge in [-0.05, 0) is 38.1 Å². The number of rotatable bonds is 6. The van der Waals surface area contributed by atoms with E-state index >= 15 is 0 Å². The smallest absolute Gasteiger partial charge is 0.151 e. The van der Waals surface area contributed by atoms with E-state index in [4.69, 9.17) is 23.2 Å². The van der Waals surface area contributed by atoms with Gasteiger partial charge >= 0.3 is 0 Å². The summed E-state index contributed by atoms with van der Waals surface area (Å²) in [7, 11) is 0. The van der Waals surface area contributed by atoms with E-state index in [1.54, 1.807) is 22.7 Å². The lowest BCUT2D eigenvalue weighted by molar-refractivity contribution is -0.120. The normalized spacial score (nSPS) is 14.2. The fourth-order valence-electron chi connectivity index (χ4n) is 2.11. The molecule has 2 rings (SSSR count). The number of carbonyl (C=O) groups excluding carboxylic acids is 1. The number of Topliss-reactive ketones (excluding diaryl/α,β-unsaturated/α-hetero) is 1. The fourth-order valence-corrected chi connectivity index (χ4v) is 4.90. The molecule has 1 nitrogen and oxygen atoms in total. The Morgan fingerprint density at radius 3 is 1.60 bits per heavy atom. The Morgan fingerprint density at radius 2 is 1.35 bits per heavy atom. The molecule has 2 unspecified atom stereocenters. The van der Waals surface area contributed by atoms with Crippen molar-refractivity contribution in [3.63, 3.8) is 0 Å². The maximum Gasteiger partial charge on any atom is 0.151 e. The van der Waals surface area contributed by atoms with Crippen molar-refractivity contribution < 1.29 is 4.79 Å². The Morgan fingerprint density at radius 1 is 0.950 bits per heavy atom. The number of halogens is 2. The van der Waals surface area contributed by atoms with Crippen molar-refractivity contribution in [1.29, 1.82) is 0 Å². The third-order valence-electron chi connectivity index (χ3n) is 3.20. The van der Waals surface area contributed by atoms with Crippen molar-refractivity contribution in [3.05, 3.63) is 43.8 Å². The zero-order valence-corrected chi connectivity index (χ0v) is 14.5. The van der Waals surface area contributed by atoms with E-state index in [1.165, 1.54) is 9.75 Å². The summed E-state index contributed by atoms with van der Waals surface area (Å²) in [6, 6.07) is 8.04. The SMILES string of the molecule is Cc1ccc(C(CCl)C(=O)C(CCl)c2ccc(C)s2)s1. The maximum atomic E-state index is 12.8. The lowest BCUT2D eigenvalue weighted by Gasteiger charge is -2.17. The molecule has 0 amide bonds. The van der Waals surface area contributed by atoms with E-state index in [0.29, 0.717) is 11.8 Å². The van der Waals surface area contributed by atoms with Crippen LogP contribution in [0.2, 0.25) is 0 Å². The molecule has 0 aliphatic heterocycles. The highest BCUT2D eigenvalue weighted by atomic mass is 35.5. The predicted molar refractivity (Wildman–Crippen MR) is 90.0 cm³/mol. The first-order valence-electron chi connectivity index (χ1n) is 6.35. The number of carbonyl (C=O) groups is 1. The standard InChI is InChI=1S/C15H16Cl2OS2/c1-9-3-5-13(19-9)11(7-16)15(18)12(8-17)14-6-4-10(2)20-14/h3-6,11-12H,7-8H2,1-2H3. The molecule has 108 valence electrons. The highest BCUT2D eigenvalue weighted by Gasteiger charge is 2.30. The summed E-state index contributed by atoms with van der Waals surface area (Å²) in [5, 5.41) is 0. The molecular formula is C15H16Cl2OS2. The molecule has 0 aliphatic rings. The molecule has 0 saturated heterocycles. The Kier molecular flexibility index (Phi) is 5.67. The molecule has 0 aromatic carbocycles. The first-order valence-corrected chi connectivity index (χ1v) is 9.05. The molecule has 5 heteroatoms. The summed E-state index contributed by atoms with van der Waals surface area (Å²) >= 11 is 15.4. The van der Waals surface area contributed by atoms with Crippen LogP contribution in [-0.2, 0) is 4.79 Å². The van der Waals surface area contributed by atoms with Crippen LogP contribution in [0.15, 0.2) is 24.3 Å². The zero-order valence-electron chi connectivity index (χ0n) is 11.4. The zero-order chi connectivity index (χ0) is 14.7. The molecule has 2 aromatic rings. The Bertz CT molecular complexity index is 538. The second-order valence-electron chi connectivity index (χ2n) is 4.71. The summed E-state index contributed by atoms with van der Waals surface area (Å²) < 4.78 is 0. The first kappa shape index (κ1) is 16.0. The van der Waals surface area contributed by atoms with Gasteiger partial charge in [0.15, 0.2) is 5.78 Å². The number of alkyl halides is 2. The van der Waals surface area contributed by atoms with Gasteiger partial charge in [-0.3, -0.25) is 4.79 Å². The van der Waals surface area contributed by atoms with Crippen molar-refractivity contribution in [1.82, 2.24) is 0 Å². The molecule has 0 spiro atoms. The topological polar surface area (TPSA) is 17.1 Å². The predicted octanol–water partition coefficient (Wildman–Crippen LogP) is 5.34. The summed E-state index contributed by atoms with van der Waals surface area (Å²) in [6.45, 7) is 4.07. The van der Waals surface area contributed by atoms with E-state index in [1.807, 2.05) is 38.1 Å². The van der Waals surface area contributed by atoms with Crippen LogP contribution in [-0.4, -0.2) is 17.5 Å². The number of hydrogen-bond acceptors (Lipinski definition) is 3. The van der Waals surface area contributed by atoms with E-state index in [-0.39, 0.29) is 17.6 Å². The van der Waals surface area contributed by atoms with Crippen LogP contribution in [0.5, 0.6) is 0 Å². The van der Waals surface area contributed by atoms with Gasteiger partial charge in [-0.1, -0.05) is 0 Å². The molecule has 2 heterocycles. The average Bonchev–Trinajstić information content (AvgIpc) is 3.01. The van der Waals surface area contributed by atoms with Gasteiger partial charge in [0.1, 0.15) is 0 Å². The molecule has 2 atom stereocenters. The molecule has 0 radical (unpaired) electrons. The van der Waals surface area contributed by atoms with Crippen LogP contribution >= 0.6 is 45.9 Å². The van der Waals surface area contributed by atoms with Gasteiger partial charge in [0.05, 0.1) is 11.8 Å². The number of ketones is 1. The number of thiophene rings is 2. The lowest BCUT2D eigenvalue weighted by Crippen LogP contribution is -2.22. The molecule has 0 bridgehead atoms. The molecule has 2 aromatic heterocycles. The van der Waals surface area contributed by atoms with Crippen molar-refractivity contribution in [2.24, 2.45) is 0 Å². The van der Waals surface area contributed by atoms with Crippen LogP contribution in [0.3, 0.4) is 0 Å². The summed E-state index contributed by atoms with van der Waals surface area (Å²) in [5.41, 5.74) is 0. The Hall–Kier alpha value is -0.350. The molecule has 0 aliphatic carbocycles. The largest absolute Gasteiger partial charge is 0.298 e. The van der Waals surface area contributed by atoms with Crippen molar-refractivity contribution in [3.8, 4) is 0 Å². The van der Waals surface area contributed by atoms with Crippen molar-refractivity contribution in [2.45, 2.75) is 25.7 Å². The first-order chi connectivity index (χ1) is 9.56. The minimum absolute atomic E-state index is 0.124. The molecule has 0 N–H and O–H groups in total. The summed E-state index contributed by atoms with van der Waals surface area (Å²) in [5.74, 6) is 0.203. The monoisotopic (exact) mass is 346 g/mol. The molecular weight excluding hydrogens is 331 g/mol. The van der Waals surface area contributed by atoms with Gasteiger partial charge in [0.2, 0.25) is 0 Å². The van der Waals surface area contributed by atoms with Gasteiger partial charge in [-0.2, -0.15) is 0 Å². The molecule has 0 fully saturated rings. The third-order valence-corrected chi connectivity index (χ3v) is 6.05. The van der Waals surface area contributed by atoms with Gasteiger partial charge in [-0.15, -0.1) is 45.9 Å². The number of hydrogen-bond donors (Lipinski definition) is 0. The van der Waals surface area contributed by atoms with E-state index < -0.39 is 0 Å². The van der Waals surface area contributed by atoms with Crippen molar-refractivity contribution in [2.75, 3.05) is 11.8 Å². The van der Waals surface area contributed by atoms with Crippen LogP contribution in [0.4, 0.5) is 0 Å². The second kappa shape index (κ2) is 7.08. The van der Waals surface area contributed by atoms with Crippen LogP contribution in [0.1, 0.15) is 31.3 Å². The number of aryl methyl sites for hydroxylation is 2. The van der Waals surface area contributed by atoms with Gasteiger partial charge in [0.25, 0.3) is 0 Å². The van der Waals surface area contributed by atoms with Gasteiger partial charge < -0.3 is 0 Å². The quantitative estimate of drug-likeness (QED) is 0.645. The summed E-state index contributed by atoms with van der Waals surface area (Å²) in [6.07, 6.45) is 0. The van der Waals surface area contributed by atoms with E-state index in [0.717, 1.165) is 9.75 Å². The lowest BCUT2D eigenvalue weighted by atomic mass is 9.93. The van der Waals surface area contributed by atoms with Crippen molar-refractivity contribution >= 4 is 51.7 Å². The summed E-state index contributed by atoms with van der Waals surface area (Å²) in [4.78, 5) is 17.2. The van der Waals surface area contributed by atoms with Crippen LogP contribution < -0.4 is 0 Å². The van der Waals surface area contributed by atoms with E-state index in [2.05, 4.69) is 0 Å².